The molecule has 146 valence electrons. The predicted octanol–water partition coefficient (Wildman–Crippen LogP) is 1.94. The van der Waals surface area contributed by atoms with Crippen molar-refractivity contribution in [3.8, 4) is 11.7 Å². The summed E-state index contributed by atoms with van der Waals surface area (Å²) in [5, 5.41) is 11.0. The van der Waals surface area contributed by atoms with Gasteiger partial charge in [-0.05, 0) is 18.9 Å². The Morgan fingerprint density at radius 2 is 2.19 bits per heavy atom. The first-order chi connectivity index (χ1) is 12.8. The van der Waals surface area contributed by atoms with Gasteiger partial charge in [-0.1, -0.05) is 0 Å². The average Bonchev–Trinajstić information content (AvgIpc) is 3.30. The van der Waals surface area contributed by atoms with Gasteiger partial charge in [-0.2, -0.15) is 18.3 Å². The van der Waals surface area contributed by atoms with Crippen LogP contribution < -0.4 is 4.74 Å². The van der Waals surface area contributed by atoms with Gasteiger partial charge < -0.3 is 14.4 Å². The molecule has 2 aromatic heterocycles. The van der Waals surface area contributed by atoms with E-state index in [0.717, 1.165) is 19.0 Å². The molecule has 8 nitrogen and oxygen atoms in total. The molecule has 0 saturated carbocycles. The number of halogens is 3. The average molecular weight is 385 g/mol. The Morgan fingerprint density at radius 3 is 2.74 bits per heavy atom. The van der Waals surface area contributed by atoms with Gasteiger partial charge in [0.2, 0.25) is 5.88 Å². The van der Waals surface area contributed by atoms with Crippen LogP contribution in [0.1, 0.15) is 28.9 Å². The number of likely N-dealkylation sites (N-methyl/N-ethyl adjacent to an activating group) is 1. The molecule has 0 radical (unpaired) electrons. The minimum atomic E-state index is -4.81. The maximum Gasteiger partial charge on any atom is 0.434 e. The van der Waals surface area contributed by atoms with Gasteiger partial charge in [0.25, 0.3) is 5.91 Å². The van der Waals surface area contributed by atoms with Crippen LogP contribution in [0, 0.1) is 0 Å². The summed E-state index contributed by atoms with van der Waals surface area (Å²) in [6, 6.07) is 2.63. The second-order valence-electron chi connectivity index (χ2n) is 6.07. The number of methoxy groups -OCH3 is 1. The number of rotatable bonds is 5. The number of nitrogens with zero attached hydrogens (tertiary/aromatic N) is 5. The van der Waals surface area contributed by atoms with Gasteiger partial charge in [-0.3, -0.25) is 4.79 Å². The topological polar surface area (TPSA) is 82.4 Å². The van der Waals surface area contributed by atoms with Gasteiger partial charge in [0.1, 0.15) is 0 Å². The number of alkyl halides is 3. The molecule has 1 amide bonds. The number of ether oxygens (including phenoxy) is 2. The van der Waals surface area contributed by atoms with Crippen molar-refractivity contribution in [2.45, 2.75) is 25.1 Å². The fraction of sp³-hybridized carbons (Fsp3) is 0.500. The molecule has 3 heterocycles. The fourth-order valence-electron chi connectivity index (χ4n) is 2.87. The smallest absolute Gasteiger partial charge is 0.434 e. The van der Waals surface area contributed by atoms with Crippen LogP contribution >= 0.6 is 0 Å². The van der Waals surface area contributed by atoms with E-state index in [1.807, 2.05) is 0 Å². The Labute approximate surface area is 152 Å². The van der Waals surface area contributed by atoms with Gasteiger partial charge in [-0.15, -0.1) is 10.2 Å². The molecule has 1 atom stereocenters. The van der Waals surface area contributed by atoms with Crippen LogP contribution in [0.15, 0.2) is 18.3 Å². The first-order valence-electron chi connectivity index (χ1n) is 8.21. The van der Waals surface area contributed by atoms with Crippen molar-refractivity contribution in [3.05, 3.63) is 29.6 Å². The molecular weight excluding hydrogens is 367 g/mol. The van der Waals surface area contributed by atoms with Gasteiger partial charge in [0, 0.05) is 26.3 Å². The molecule has 0 unspecified atom stereocenters. The zero-order valence-corrected chi connectivity index (χ0v) is 14.7. The molecule has 0 bridgehead atoms. The maximum atomic E-state index is 13.7. The first-order valence-corrected chi connectivity index (χ1v) is 8.21. The van der Waals surface area contributed by atoms with Crippen molar-refractivity contribution >= 4 is 5.91 Å². The Balaban J connectivity index is 1.93. The van der Waals surface area contributed by atoms with Crippen molar-refractivity contribution in [1.29, 1.82) is 0 Å². The third-order valence-corrected chi connectivity index (χ3v) is 4.17. The van der Waals surface area contributed by atoms with E-state index in [-0.39, 0.29) is 24.3 Å². The standard InChI is InChI=1S/C16H18F3N5O3/c1-23(9-10-4-3-7-27-10)15(25)11-8-20-24(14(11)16(17,18)19)12-5-6-13(26-2)22-21-12/h5-6,8,10H,3-4,7,9H2,1-2H3/t10-/m0/s1. The number of hydrogen-bond acceptors (Lipinski definition) is 6. The highest BCUT2D eigenvalue weighted by Gasteiger charge is 2.41. The fourth-order valence-corrected chi connectivity index (χ4v) is 2.87. The minimum Gasteiger partial charge on any atom is -0.480 e. The second-order valence-corrected chi connectivity index (χ2v) is 6.07. The van der Waals surface area contributed by atoms with Crippen molar-refractivity contribution < 1.29 is 27.4 Å². The van der Waals surface area contributed by atoms with Crippen molar-refractivity contribution in [3.63, 3.8) is 0 Å². The van der Waals surface area contributed by atoms with E-state index in [0.29, 0.717) is 11.3 Å². The number of aromatic nitrogens is 4. The Hall–Kier alpha value is -2.69. The highest BCUT2D eigenvalue weighted by Crippen LogP contribution is 2.34. The predicted molar refractivity (Wildman–Crippen MR) is 86.6 cm³/mol. The lowest BCUT2D eigenvalue weighted by Crippen LogP contribution is -2.35. The summed E-state index contributed by atoms with van der Waals surface area (Å²) in [6.45, 7) is 0.804. The molecule has 11 heteroatoms. The molecule has 27 heavy (non-hydrogen) atoms. The van der Waals surface area contributed by atoms with E-state index in [9.17, 15) is 18.0 Å². The van der Waals surface area contributed by atoms with E-state index in [1.54, 1.807) is 0 Å². The van der Waals surface area contributed by atoms with Crippen molar-refractivity contribution in [2.75, 3.05) is 27.3 Å². The number of carbonyl (C=O) groups excluding carboxylic acids is 1. The zero-order valence-electron chi connectivity index (χ0n) is 14.7. The summed E-state index contributed by atoms with van der Waals surface area (Å²) in [5.41, 5.74) is -1.76. The molecule has 1 saturated heterocycles. The highest BCUT2D eigenvalue weighted by atomic mass is 19.4. The Morgan fingerprint density at radius 1 is 1.41 bits per heavy atom. The van der Waals surface area contributed by atoms with Crippen LogP contribution in [0.3, 0.4) is 0 Å². The van der Waals surface area contributed by atoms with Gasteiger partial charge in [0.15, 0.2) is 11.5 Å². The molecule has 1 fully saturated rings. The van der Waals surface area contributed by atoms with Crippen LogP contribution in [0.5, 0.6) is 5.88 Å². The molecule has 0 spiro atoms. The summed E-state index contributed by atoms with van der Waals surface area (Å²) >= 11 is 0. The van der Waals surface area contributed by atoms with Crippen molar-refractivity contribution in [1.82, 2.24) is 24.9 Å². The summed E-state index contributed by atoms with van der Waals surface area (Å²) < 4.78 is 51.9. The highest BCUT2D eigenvalue weighted by molar-refractivity contribution is 5.95. The Bertz CT molecular complexity index is 801. The van der Waals surface area contributed by atoms with Gasteiger partial charge in [-0.25, -0.2) is 4.68 Å². The van der Waals surface area contributed by atoms with Crippen LogP contribution in [0.2, 0.25) is 0 Å². The largest absolute Gasteiger partial charge is 0.480 e. The monoisotopic (exact) mass is 385 g/mol. The van der Waals surface area contributed by atoms with Crippen LogP contribution in [0.25, 0.3) is 5.82 Å². The quantitative estimate of drug-likeness (QED) is 0.782. The third-order valence-electron chi connectivity index (χ3n) is 4.17. The lowest BCUT2D eigenvalue weighted by atomic mass is 10.2. The molecule has 3 rings (SSSR count). The van der Waals surface area contributed by atoms with E-state index in [4.69, 9.17) is 9.47 Å². The van der Waals surface area contributed by atoms with Crippen LogP contribution in [0.4, 0.5) is 13.2 Å². The zero-order chi connectivity index (χ0) is 19.6. The van der Waals surface area contributed by atoms with Crippen LogP contribution in [-0.4, -0.2) is 64.2 Å². The molecule has 0 N–H and O–H groups in total. The van der Waals surface area contributed by atoms with E-state index in [1.165, 1.54) is 31.2 Å². The van der Waals surface area contributed by atoms with Gasteiger partial charge in [0.05, 0.1) is 25.0 Å². The van der Waals surface area contributed by atoms with Crippen LogP contribution in [-0.2, 0) is 10.9 Å². The lowest BCUT2D eigenvalue weighted by Gasteiger charge is -2.21. The number of hydrogen-bond donors (Lipinski definition) is 0. The van der Waals surface area contributed by atoms with Gasteiger partial charge >= 0.3 is 6.18 Å². The Kier molecular flexibility index (Phi) is 5.31. The summed E-state index contributed by atoms with van der Waals surface area (Å²) in [4.78, 5) is 13.8. The SMILES string of the molecule is COc1ccc(-n2ncc(C(=O)N(C)C[C@@H]3CCCO3)c2C(F)(F)F)nn1. The van der Waals surface area contributed by atoms with E-state index >= 15 is 0 Å². The summed E-state index contributed by atoms with van der Waals surface area (Å²) in [6.07, 6.45) is -2.45. The first kappa shape index (κ1) is 19.1. The number of amides is 1. The van der Waals surface area contributed by atoms with E-state index < -0.39 is 23.3 Å². The molecule has 2 aromatic rings. The van der Waals surface area contributed by atoms with Crippen molar-refractivity contribution in [2.24, 2.45) is 0 Å². The second kappa shape index (κ2) is 7.51. The maximum absolute atomic E-state index is 13.7. The number of carbonyl (C=O) groups is 1. The summed E-state index contributed by atoms with van der Waals surface area (Å²) in [5.74, 6) is -0.818. The molecule has 0 aromatic carbocycles. The lowest BCUT2D eigenvalue weighted by molar-refractivity contribution is -0.143. The van der Waals surface area contributed by atoms with E-state index in [2.05, 4.69) is 15.3 Å². The summed E-state index contributed by atoms with van der Waals surface area (Å²) in [7, 11) is 2.80. The molecule has 1 aliphatic rings. The third kappa shape index (κ3) is 4.02. The molecule has 0 aliphatic carbocycles. The minimum absolute atomic E-state index is 0.145. The normalized spacial score (nSPS) is 17.1. The molecule has 1 aliphatic heterocycles. The molecular formula is C16H18F3N5O3.